The molecule has 0 saturated carbocycles. The topological polar surface area (TPSA) is 101 Å². The molecule has 15 heavy (non-hydrogen) atoms. The lowest BCUT2D eigenvalue weighted by Crippen LogP contribution is -2.15. The van der Waals surface area contributed by atoms with E-state index in [1.165, 1.54) is 0 Å². The lowest BCUT2D eigenvalue weighted by Gasteiger charge is -2.07. The summed E-state index contributed by atoms with van der Waals surface area (Å²) in [5, 5.41) is 3.26. The van der Waals surface area contributed by atoms with Gasteiger partial charge in [0.15, 0.2) is 0 Å². The van der Waals surface area contributed by atoms with Crippen molar-refractivity contribution in [2.24, 2.45) is 5.11 Å². The zero-order valence-corrected chi connectivity index (χ0v) is 8.25. The quantitative estimate of drug-likeness (QED) is 0.300. The van der Waals surface area contributed by atoms with Gasteiger partial charge < -0.3 is 9.47 Å². The first kappa shape index (κ1) is 11.3. The Morgan fingerprint density at radius 1 is 1.80 bits per heavy atom. The fourth-order valence-electron chi connectivity index (χ4n) is 1.32. The summed E-state index contributed by atoms with van der Waals surface area (Å²) in [5.41, 5.74) is 8.16. The standard InChI is InChI=1S/C8H11N3O4/c1-2-14-7(12)4-5-3-6(10-11-9)8(13)15-5/h5-6H,2-4H2,1H3/t5-,6+/m1/s1. The van der Waals surface area contributed by atoms with Crippen molar-refractivity contribution >= 4 is 11.9 Å². The van der Waals surface area contributed by atoms with Crippen molar-refractivity contribution in [2.75, 3.05) is 6.61 Å². The molecule has 2 atom stereocenters. The highest BCUT2D eigenvalue weighted by Gasteiger charge is 2.35. The minimum Gasteiger partial charge on any atom is -0.466 e. The van der Waals surface area contributed by atoms with Gasteiger partial charge in [-0.2, -0.15) is 0 Å². The number of carbonyl (C=O) groups is 2. The van der Waals surface area contributed by atoms with Gasteiger partial charge in [-0.25, -0.2) is 0 Å². The number of nitrogens with zero attached hydrogens (tertiary/aromatic N) is 3. The van der Waals surface area contributed by atoms with Gasteiger partial charge in [-0.1, -0.05) is 5.11 Å². The van der Waals surface area contributed by atoms with Gasteiger partial charge in [0.1, 0.15) is 12.1 Å². The van der Waals surface area contributed by atoms with E-state index in [4.69, 9.17) is 15.0 Å². The monoisotopic (exact) mass is 213 g/mol. The van der Waals surface area contributed by atoms with Crippen LogP contribution in [0.25, 0.3) is 10.4 Å². The number of azide groups is 1. The van der Waals surface area contributed by atoms with Gasteiger partial charge >= 0.3 is 11.9 Å². The Kier molecular flexibility index (Phi) is 3.93. The van der Waals surface area contributed by atoms with Crippen LogP contribution in [0.4, 0.5) is 0 Å². The average Bonchev–Trinajstić information content (AvgIpc) is 2.48. The molecule has 0 aromatic rings. The molecule has 1 heterocycles. The number of esters is 2. The van der Waals surface area contributed by atoms with E-state index in [9.17, 15) is 9.59 Å². The van der Waals surface area contributed by atoms with Crippen molar-refractivity contribution in [3.8, 4) is 0 Å². The third kappa shape index (κ3) is 3.14. The summed E-state index contributed by atoms with van der Waals surface area (Å²) in [6.45, 7) is 1.99. The van der Waals surface area contributed by atoms with E-state index < -0.39 is 24.1 Å². The molecule has 7 heteroatoms. The van der Waals surface area contributed by atoms with Crippen LogP contribution in [0.2, 0.25) is 0 Å². The molecular formula is C8H11N3O4. The molecule has 0 aromatic heterocycles. The molecular weight excluding hydrogens is 202 g/mol. The number of ether oxygens (including phenoxy) is 2. The maximum atomic E-state index is 11.1. The van der Waals surface area contributed by atoms with Crippen LogP contribution in [0, 0.1) is 0 Å². The first-order valence-corrected chi connectivity index (χ1v) is 4.57. The van der Waals surface area contributed by atoms with Gasteiger partial charge in [0, 0.05) is 11.3 Å². The first-order chi connectivity index (χ1) is 7.17. The Morgan fingerprint density at radius 2 is 2.53 bits per heavy atom. The SMILES string of the molecule is CCOC(=O)C[C@H]1C[C@H](N=[N+]=[N-])C(=O)O1. The van der Waals surface area contributed by atoms with Gasteiger partial charge in [0.2, 0.25) is 0 Å². The molecule has 7 nitrogen and oxygen atoms in total. The van der Waals surface area contributed by atoms with Gasteiger partial charge in [0.05, 0.1) is 13.0 Å². The fraction of sp³-hybridized carbons (Fsp3) is 0.750. The minimum atomic E-state index is -0.811. The van der Waals surface area contributed by atoms with Gasteiger partial charge in [-0.3, -0.25) is 9.59 Å². The molecule has 1 aliphatic heterocycles. The number of cyclic esters (lactones) is 1. The molecule has 0 spiro atoms. The molecule has 0 radical (unpaired) electrons. The van der Waals surface area contributed by atoms with E-state index in [1.807, 2.05) is 0 Å². The highest BCUT2D eigenvalue weighted by atomic mass is 16.6. The van der Waals surface area contributed by atoms with Gasteiger partial charge in [-0.05, 0) is 12.5 Å². The zero-order valence-electron chi connectivity index (χ0n) is 8.25. The number of carbonyl (C=O) groups excluding carboxylic acids is 2. The van der Waals surface area contributed by atoms with Gasteiger partial charge in [0.25, 0.3) is 0 Å². The molecule has 82 valence electrons. The number of rotatable bonds is 4. The molecule has 0 aliphatic carbocycles. The molecule has 1 aliphatic rings. The second-order valence-electron chi connectivity index (χ2n) is 3.02. The lowest BCUT2D eigenvalue weighted by molar-refractivity contribution is -0.149. The molecule has 1 fully saturated rings. The van der Waals surface area contributed by atoms with Crippen LogP contribution in [0.1, 0.15) is 19.8 Å². The van der Waals surface area contributed by atoms with Crippen LogP contribution < -0.4 is 0 Å². The molecule has 1 rings (SSSR count). The number of hydrogen-bond donors (Lipinski definition) is 0. The van der Waals surface area contributed by atoms with Crippen LogP contribution >= 0.6 is 0 Å². The predicted octanol–water partition coefficient (Wildman–Crippen LogP) is 0.934. The summed E-state index contributed by atoms with van der Waals surface area (Å²) in [6.07, 6.45) is -0.286. The van der Waals surface area contributed by atoms with Crippen molar-refractivity contribution in [1.82, 2.24) is 0 Å². The smallest absolute Gasteiger partial charge is 0.315 e. The lowest BCUT2D eigenvalue weighted by atomic mass is 10.1. The Hall–Kier alpha value is -1.75. The Balaban J connectivity index is 2.44. The number of hydrogen-bond acceptors (Lipinski definition) is 5. The summed E-state index contributed by atoms with van der Waals surface area (Å²) in [5.74, 6) is -1.00. The van der Waals surface area contributed by atoms with Crippen LogP contribution in [-0.2, 0) is 19.1 Å². The normalized spacial score (nSPS) is 24.2. The minimum absolute atomic E-state index is 0.0109. The van der Waals surface area contributed by atoms with Crippen molar-refractivity contribution in [2.45, 2.75) is 31.9 Å². The van der Waals surface area contributed by atoms with E-state index in [2.05, 4.69) is 10.0 Å². The summed E-state index contributed by atoms with van der Waals surface area (Å²) in [4.78, 5) is 24.7. The maximum absolute atomic E-state index is 11.1. The van der Waals surface area contributed by atoms with Crippen molar-refractivity contribution in [1.29, 1.82) is 0 Å². The summed E-state index contributed by atoms with van der Waals surface area (Å²) in [6, 6.07) is -0.811. The summed E-state index contributed by atoms with van der Waals surface area (Å²) in [7, 11) is 0. The van der Waals surface area contributed by atoms with Crippen LogP contribution in [0.3, 0.4) is 0 Å². The van der Waals surface area contributed by atoms with E-state index in [0.717, 1.165) is 0 Å². The van der Waals surface area contributed by atoms with Gasteiger partial charge in [-0.15, -0.1) is 0 Å². The highest BCUT2D eigenvalue weighted by molar-refractivity contribution is 5.79. The van der Waals surface area contributed by atoms with Crippen molar-refractivity contribution < 1.29 is 19.1 Å². The van der Waals surface area contributed by atoms with E-state index in [1.54, 1.807) is 6.92 Å². The molecule has 0 N–H and O–H groups in total. The Bertz CT molecular complexity index is 311. The second-order valence-corrected chi connectivity index (χ2v) is 3.02. The maximum Gasteiger partial charge on any atom is 0.315 e. The second kappa shape index (κ2) is 5.21. The Labute approximate surface area is 86.0 Å². The average molecular weight is 213 g/mol. The fourth-order valence-corrected chi connectivity index (χ4v) is 1.32. The van der Waals surface area contributed by atoms with Crippen molar-refractivity contribution in [3.63, 3.8) is 0 Å². The zero-order chi connectivity index (χ0) is 11.3. The highest BCUT2D eigenvalue weighted by Crippen LogP contribution is 2.20. The first-order valence-electron chi connectivity index (χ1n) is 4.57. The summed E-state index contributed by atoms with van der Waals surface area (Å²) < 4.78 is 9.54. The van der Waals surface area contributed by atoms with Crippen LogP contribution in [0.5, 0.6) is 0 Å². The molecule has 0 unspecified atom stereocenters. The van der Waals surface area contributed by atoms with E-state index in [0.29, 0.717) is 6.61 Å². The third-order valence-electron chi connectivity index (χ3n) is 1.93. The van der Waals surface area contributed by atoms with Crippen LogP contribution in [0.15, 0.2) is 5.11 Å². The van der Waals surface area contributed by atoms with E-state index >= 15 is 0 Å². The largest absolute Gasteiger partial charge is 0.466 e. The summed E-state index contributed by atoms with van der Waals surface area (Å²) >= 11 is 0. The third-order valence-corrected chi connectivity index (χ3v) is 1.93. The molecule has 0 aromatic carbocycles. The van der Waals surface area contributed by atoms with E-state index in [-0.39, 0.29) is 12.8 Å². The molecule has 0 bridgehead atoms. The predicted molar refractivity (Wildman–Crippen MR) is 48.7 cm³/mol. The van der Waals surface area contributed by atoms with Crippen molar-refractivity contribution in [3.05, 3.63) is 10.4 Å². The Morgan fingerprint density at radius 3 is 3.13 bits per heavy atom. The molecule has 1 saturated heterocycles. The molecule has 0 amide bonds. The van der Waals surface area contributed by atoms with Crippen LogP contribution in [-0.4, -0.2) is 30.7 Å².